The number of amides is 3. The lowest BCUT2D eigenvalue weighted by molar-refractivity contribution is -0.908. The van der Waals surface area contributed by atoms with Crippen LogP contribution >= 0.6 is 0 Å². The van der Waals surface area contributed by atoms with Crippen LogP contribution in [-0.4, -0.2) is 32.1 Å². The first-order valence-corrected chi connectivity index (χ1v) is 6.10. The Hall–Kier alpha value is -2.15. The fourth-order valence-corrected chi connectivity index (χ4v) is 1.75. The van der Waals surface area contributed by atoms with E-state index in [9.17, 15) is 14.0 Å². The minimum atomic E-state index is -0.884. The lowest BCUT2D eigenvalue weighted by atomic mass is 10.1. The van der Waals surface area contributed by atoms with Crippen molar-refractivity contribution in [2.24, 2.45) is 5.73 Å². The maximum absolute atomic E-state index is 13.6. The van der Waals surface area contributed by atoms with Gasteiger partial charge in [-0.1, -0.05) is 0 Å². The van der Waals surface area contributed by atoms with Gasteiger partial charge in [0.25, 0.3) is 5.91 Å². The molecule has 0 saturated carbocycles. The molecule has 0 aliphatic heterocycles. The molecular formula is C13H19FN3O3+. The Balaban J connectivity index is 2.70. The number of carbonyl (C=O) groups excluding carboxylic acids is 2. The van der Waals surface area contributed by atoms with Crippen molar-refractivity contribution in [3.63, 3.8) is 0 Å². The Morgan fingerprint density at radius 2 is 2.15 bits per heavy atom. The summed E-state index contributed by atoms with van der Waals surface area (Å²) in [6, 6.07) is 3.25. The lowest BCUT2D eigenvalue weighted by Crippen LogP contribution is -3.12. The van der Waals surface area contributed by atoms with Crippen LogP contribution in [0.3, 0.4) is 0 Å². The quantitative estimate of drug-likeness (QED) is 0.677. The van der Waals surface area contributed by atoms with Crippen LogP contribution < -0.4 is 20.7 Å². The van der Waals surface area contributed by atoms with Crippen LogP contribution in [0.1, 0.15) is 12.5 Å². The van der Waals surface area contributed by atoms with E-state index in [2.05, 4.69) is 0 Å². The molecule has 0 fully saturated rings. The first-order valence-electron chi connectivity index (χ1n) is 6.10. The van der Waals surface area contributed by atoms with Crippen molar-refractivity contribution in [3.05, 3.63) is 29.6 Å². The van der Waals surface area contributed by atoms with Crippen LogP contribution in [-0.2, 0) is 11.3 Å². The lowest BCUT2D eigenvalue weighted by Gasteiger charge is -2.20. The van der Waals surface area contributed by atoms with Crippen molar-refractivity contribution >= 4 is 11.9 Å². The molecule has 6 nitrogen and oxygen atoms in total. The number of hydrogen-bond donors (Lipinski definition) is 3. The van der Waals surface area contributed by atoms with E-state index in [-0.39, 0.29) is 5.75 Å². The van der Waals surface area contributed by atoms with Crippen LogP contribution in [0.5, 0.6) is 5.75 Å². The van der Waals surface area contributed by atoms with E-state index in [0.29, 0.717) is 6.54 Å². The number of nitrogens with two attached hydrogens (primary N) is 1. The van der Waals surface area contributed by atoms with E-state index in [1.54, 1.807) is 20.0 Å². The maximum atomic E-state index is 13.6. The van der Waals surface area contributed by atoms with Gasteiger partial charge in [-0.05, 0) is 25.1 Å². The highest BCUT2D eigenvalue weighted by atomic mass is 19.1. The maximum Gasteiger partial charge on any atom is 0.319 e. The number of likely N-dealkylation sites (N-methyl/N-ethyl adjacent to an activating group) is 1. The number of urea groups is 1. The van der Waals surface area contributed by atoms with Crippen LogP contribution in [0, 0.1) is 5.82 Å². The summed E-state index contributed by atoms with van der Waals surface area (Å²) in [5, 5.41) is 2.02. The molecule has 2 atom stereocenters. The normalized spacial score (nSPS) is 13.4. The summed E-state index contributed by atoms with van der Waals surface area (Å²) in [7, 11) is 3.17. The number of nitrogens with one attached hydrogen (secondary N) is 2. The largest absolute Gasteiger partial charge is 0.494 e. The summed E-state index contributed by atoms with van der Waals surface area (Å²) in [6.07, 6.45) is 0. The van der Waals surface area contributed by atoms with Crippen molar-refractivity contribution in [2.45, 2.75) is 19.5 Å². The first kappa shape index (κ1) is 15.9. The summed E-state index contributed by atoms with van der Waals surface area (Å²) < 4.78 is 18.4. The molecule has 0 aliphatic carbocycles. The highest BCUT2D eigenvalue weighted by Crippen LogP contribution is 2.17. The van der Waals surface area contributed by atoms with Gasteiger partial charge in [-0.15, -0.1) is 0 Å². The Bertz CT molecular complexity index is 508. The third-order valence-electron chi connectivity index (χ3n) is 3.08. The Labute approximate surface area is 116 Å². The predicted molar refractivity (Wildman–Crippen MR) is 70.7 cm³/mol. The fourth-order valence-electron chi connectivity index (χ4n) is 1.75. The number of carbonyl (C=O) groups is 2. The number of hydrogen-bond acceptors (Lipinski definition) is 3. The molecule has 1 aromatic carbocycles. The molecule has 0 spiro atoms. The number of ether oxygens (including phenoxy) is 1. The van der Waals surface area contributed by atoms with Gasteiger partial charge >= 0.3 is 6.03 Å². The number of rotatable bonds is 5. The zero-order valence-electron chi connectivity index (χ0n) is 11.7. The van der Waals surface area contributed by atoms with Crippen molar-refractivity contribution in [2.75, 3.05) is 14.2 Å². The van der Waals surface area contributed by atoms with Crippen molar-refractivity contribution in [1.29, 1.82) is 0 Å². The molecule has 0 saturated heterocycles. The smallest absolute Gasteiger partial charge is 0.319 e. The van der Waals surface area contributed by atoms with E-state index in [1.165, 1.54) is 19.2 Å². The molecule has 0 aliphatic rings. The van der Waals surface area contributed by atoms with Gasteiger partial charge in [0.15, 0.2) is 17.6 Å². The number of imide groups is 1. The second-order valence-corrected chi connectivity index (χ2v) is 4.57. The highest BCUT2D eigenvalue weighted by molar-refractivity contribution is 5.95. The number of primary amides is 1. The molecule has 1 unspecified atom stereocenters. The van der Waals surface area contributed by atoms with Gasteiger partial charge in [0, 0.05) is 5.56 Å². The van der Waals surface area contributed by atoms with E-state index in [4.69, 9.17) is 10.5 Å². The van der Waals surface area contributed by atoms with E-state index in [1.807, 2.05) is 5.32 Å². The first-order chi connectivity index (χ1) is 9.35. The minimum absolute atomic E-state index is 0.172. The van der Waals surface area contributed by atoms with Crippen LogP contribution in [0.15, 0.2) is 18.2 Å². The zero-order chi connectivity index (χ0) is 15.3. The molecule has 3 amide bonds. The van der Waals surface area contributed by atoms with Crippen molar-refractivity contribution < 1.29 is 23.6 Å². The molecule has 0 radical (unpaired) electrons. The van der Waals surface area contributed by atoms with E-state index in [0.717, 1.165) is 10.5 Å². The molecule has 20 heavy (non-hydrogen) atoms. The number of benzene rings is 1. The minimum Gasteiger partial charge on any atom is -0.494 e. The second kappa shape index (κ2) is 6.85. The van der Waals surface area contributed by atoms with Crippen LogP contribution in [0.25, 0.3) is 0 Å². The summed E-state index contributed by atoms with van der Waals surface area (Å²) in [4.78, 5) is 23.1. The number of halogens is 1. The van der Waals surface area contributed by atoms with Crippen molar-refractivity contribution in [1.82, 2.24) is 5.32 Å². The van der Waals surface area contributed by atoms with Gasteiger partial charge in [0.1, 0.15) is 6.54 Å². The molecule has 4 N–H and O–H groups in total. The summed E-state index contributed by atoms with van der Waals surface area (Å²) in [5.74, 6) is -0.748. The van der Waals surface area contributed by atoms with Gasteiger partial charge in [0.05, 0.1) is 14.2 Å². The average Bonchev–Trinajstić information content (AvgIpc) is 2.37. The summed E-state index contributed by atoms with van der Waals surface area (Å²) in [5.41, 5.74) is 5.61. The molecule has 0 aromatic heterocycles. The van der Waals surface area contributed by atoms with Gasteiger partial charge in [0.2, 0.25) is 0 Å². The summed E-state index contributed by atoms with van der Waals surface area (Å²) >= 11 is 0. The fraction of sp³-hybridized carbons (Fsp3) is 0.385. The summed E-state index contributed by atoms with van der Waals surface area (Å²) in [6.45, 7) is 2.09. The zero-order valence-corrected chi connectivity index (χ0v) is 11.7. The van der Waals surface area contributed by atoms with Crippen molar-refractivity contribution in [3.8, 4) is 5.75 Å². The van der Waals surface area contributed by atoms with Gasteiger partial charge < -0.3 is 15.4 Å². The van der Waals surface area contributed by atoms with Crippen LogP contribution in [0.2, 0.25) is 0 Å². The second-order valence-electron chi connectivity index (χ2n) is 4.57. The van der Waals surface area contributed by atoms with Gasteiger partial charge in [-0.2, -0.15) is 0 Å². The molecule has 110 valence electrons. The number of methoxy groups -OCH3 is 1. The predicted octanol–water partition coefficient (Wildman–Crippen LogP) is -0.568. The van der Waals surface area contributed by atoms with Crippen LogP contribution in [0.4, 0.5) is 9.18 Å². The number of quaternary nitrogens is 1. The Morgan fingerprint density at radius 3 is 2.65 bits per heavy atom. The molecule has 0 bridgehead atoms. The van der Waals surface area contributed by atoms with Gasteiger partial charge in [-0.3, -0.25) is 10.1 Å². The van der Waals surface area contributed by atoms with Gasteiger partial charge in [-0.25, -0.2) is 9.18 Å². The molecule has 0 heterocycles. The molecular weight excluding hydrogens is 265 g/mol. The SMILES string of the molecule is COc1ccc(C[NH+](C)[C@H](C)C(=O)NC(N)=O)cc1F. The highest BCUT2D eigenvalue weighted by Gasteiger charge is 2.23. The monoisotopic (exact) mass is 284 g/mol. The third kappa shape index (κ3) is 4.20. The molecule has 1 rings (SSSR count). The van der Waals surface area contributed by atoms with E-state index >= 15 is 0 Å². The average molecular weight is 284 g/mol. The topological polar surface area (TPSA) is 85.9 Å². The molecule has 1 aromatic rings. The third-order valence-corrected chi connectivity index (χ3v) is 3.08. The van der Waals surface area contributed by atoms with E-state index < -0.39 is 23.8 Å². The Morgan fingerprint density at radius 1 is 1.50 bits per heavy atom. The standard InChI is InChI=1S/C13H18FN3O3/c1-8(12(18)16-13(15)19)17(2)7-9-4-5-11(20-3)10(14)6-9/h4-6,8H,7H2,1-3H3,(H3,15,16,18,19)/p+1/t8-/m1/s1. The molecule has 7 heteroatoms. The Kier molecular flexibility index (Phi) is 5.45.